The molecule has 2 aromatic heterocycles. The molecule has 2 aliphatic rings. The Hall–Kier alpha value is -2.03. The molecular formula is C14H18N6O2S. The maximum Gasteiger partial charge on any atom is 0.234 e. The smallest absolute Gasteiger partial charge is 0.234 e. The number of aryl methyl sites for hydroxylation is 1. The van der Waals surface area contributed by atoms with Gasteiger partial charge in [0.1, 0.15) is 5.01 Å². The highest BCUT2D eigenvalue weighted by Gasteiger charge is 2.30. The molecule has 0 radical (unpaired) electrons. The molecule has 0 aromatic carbocycles. The fourth-order valence-electron chi connectivity index (χ4n) is 2.82. The van der Waals surface area contributed by atoms with Gasteiger partial charge in [0.25, 0.3) is 0 Å². The zero-order chi connectivity index (χ0) is 15.8. The Labute approximate surface area is 137 Å². The molecule has 1 saturated heterocycles. The van der Waals surface area contributed by atoms with E-state index in [0.717, 1.165) is 22.2 Å². The van der Waals surface area contributed by atoms with Gasteiger partial charge in [0, 0.05) is 44.9 Å². The van der Waals surface area contributed by atoms with Crippen LogP contribution in [0, 0.1) is 0 Å². The summed E-state index contributed by atoms with van der Waals surface area (Å²) in [5.41, 5.74) is 0. The highest BCUT2D eigenvalue weighted by atomic mass is 32.1. The Morgan fingerprint density at radius 1 is 1.22 bits per heavy atom. The molecule has 2 aromatic rings. The monoisotopic (exact) mass is 334 g/mol. The first-order chi connectivity index (χ1) is 11.2. The Kier molecular flexibility index (Phi) is 3.72. The maximum absolute atomic E-state index is 12.3. The second kappa shape index (κ2) is 5.88. The minimum Gasteiger partial charge on any atom is -0.342 e. The molecule has 0 spiro atoms. The molecule has 8 nitrogen and oxygen atoms in total. The van der Waals surface area contributed by atoms with Crippen molar-refractivity contribution in [2.75, 3.05) is 26.2 Å². The van der Waals surface area contributed by atoms with Crippen molar-refractivity contribution in [1.29, 1.82) is 0 Å². The quantitative estimate of drug-likeness (QED) is 0.734. The number of piperazine rings is 1. The third-order valence-electron chi connectivity index (χ3n) is 4.37. The number of aromatic nitrogens is 4. The highest BCUT2D eigenvalue weighted by molar-refractivity contribution is 7.16. The third kappa shape index (κ3) is 2.92. The molecule has 0 unspecified atom stereocenters. The van der Waals surface area contributed by atoms with E-state index in [4.69, 9.17) is 0 Å². The van der Waals surface area contributed by atoms with Crippen LogP contribution < -0.4 is 0 Å². The number of hydrogen-bond donors (Lipinski definition) is 0. The van der Waals surface area contributed by atoms with Crippen molar-refractivity contribution in [3.8, 4) is 0 Å². The minimum atomic E-state index is 0.129. The zero-order valence-electron chi connectivity index (χ0n) is 12.7. The number of rotatable bonds is 5. The first kappa shape index (κ1) is 14.6. The van der Waals surface area contributed by atoms with Crippen LogP contribution in [0.25, 0.3) is 4.96 Å². The van der Waals surface area contributed by atoms with Crippen LogP contribution in [-0.2, 0) is 16.0 Å². The second-order valence-corrected chi connectivity index (χ2v) is 7.09. The lowest BCUT2D eigenvalue weighted by Crippen LogP contribution is -2.48. The van der Waals surface area contributed by atoms with E-state index in [-0.39, 0.29) is 5.91 Å². The van der Waals surface area contributed by atoms with Crippen molar-refractivity contribution in [3.05, 3.63) is 10.8 Å². The topological polar surface area (TPSA) is 83.7 Å². The Morgan fingerprint density at radius 2 is 2.00 bits per heavy atom. The van der Waals surface area contributed by atoms with E-state index < -0.39 is 0 Å². The normalized spacial score (nSPS) is 18.6. The Bertz CT molecular complexity index is 729. The number of hydrogen-bond acceptors (Lipinski definition) is 6. The lowest BCUT2D eigenvalue weighted by atomic mass is 10.2. The van der Waals surface area contributed by atoms with Crippen molar-refractivity contribution >= 4 is 28.6 Å². The second-order valence-electron chi connectivity index (χ2n) is 6.04. The van der Waals surface area contributed by atoms with E-state index in [1.807, 2.05) is 9.42 Å². The SMILES string of the molecule is O=CN1CCN(C(=O)CCc2nn3c(C4CC4)nnc3s2)CC1. The molecule has 122 valence electrons. The van der Waals surface area contributed by atoms with Crippen LogP contribution in [0.15, 0.2) is 0 Å². The molecule has 9 heteroatoms. The van der Waals surface area contributed by atoms with Crippen LogP contribution in [0.4, 0.5) is 0 Å². The van der Waals surface area contributed by atoms with Crippen LogP contribution in [0.5, 0.6) is 0 Å². The lowest BCUT2D eigenvalue weighted by molar-refractivity contribution is -0.135. The van der Waals surface area contributed by atoms with E-state index in [0.29, 0.717) is 44.9 Å². The van der Waals surface area contributed by atoms with Gasteiger partial charge in [0.2, 0.25) is 17.3 Å². The van der Waals surface area contributed by atoms with Crippen LogP contribution in [-0.4, -0.2) is 68.1 Å². The molecule has 23 heavy (non-hydrogen) atoms. The van der Waals surface area contributed by atoms with Crippen molar-refractivity contribution in [2.45, 2.75) is 31.6 Å². The van der Waals surface area contributed by atoms with Gasteiger partial charge in [-0.05, 0) is 12.8 Å². The van der Waals surface area contributed by atoms with E-state index in [2.05, 4.69) is 15.3 Å². The average molecular weight is 334 g/mol. The largest absolute Gasteiger partial charge is 0.342 e. The Balaban J connectivity index is 1.35. The van der Waals surface area contributed by atoms with Gasteiger partial charge >= 0.3 is 0 Å². The predicted molar refractivity (Wildman–Crippen MR) is 83.2 cm³/mol. The first-order valence-corrected chi connectivity index (χ1v) is 8.74. The molecule has 2 fully saturated rings. The molecule has 4 rings (SSSR count). The summed E-state index contributed by atoms with van der Waals surface area (Å²) < 4.78 is 1.84. The fourth-order valence-corrected chi connectivity index (χ4v) is 3.66. The van der Waals surface area contributed by atoms with Crippen LogP contribution in [0.1, 0.15) is 36.0 Å². The van der Waals surface area contributed by atoms with Gasteiger partial charge < -0.3 is 9.80 Å². The summed E-state index contributed by atoms with van der Waals surface area (Å²) in [7, 11) is 0. The van der Waals surface area contributed by atoms with Gasteiger partial charge in [-0.1, -0.05) is 11.3 Å². The summed E-state index contributed by atoms with van der Waals surface area (Å²) in [5, 5.41) is 13.9. The highest BCUT2D eigenvalue weighted by Crippen LogP contribution is 2.39. The summed E-state index contributed by atoms with van der Waals surface area (Å²) >= 11 is 1.51. The van der Waals surface area contributed by atoms with Gasteiger partial charge in [-0.3, -0.25) is 9.59 Å². The van der Waals surface area contributed by atoms with E-state index in [1.165, 1.54) is 24.2 Å². The van der Waals surface area contributed by atoms with Gasteiger partial charge in [0.05, 0.1) is 0 Å². The standard InChI is InChI=1S/C14H18N6O2S/c21-9-18-5-7-19(8-6-18)12(22)4-3-11-17-20-13(10-1-2-10)15-16-14(20)23-11/h9-10H,1-8H2. The van der Waals surface area contributed by atoms with E-state index in [9.17, 15) is 9.59 Å². The van der Waals surface area contributed by atoms with Gasteiger partial charge in [-0.2, -0.15) is 9.61 Å². The van der Waals surface area contributed by atoms with Crippen molar-refractivity contribution in [3.63, 3.8) is 0 Å². The zero-order valence-corrected chi connectivity index (χ0v) is 13.5. The molecule has 1 saturated carbocycles. The van der Waals surface area contributed by atoms with Crippen molar-refractivity contribution in [2.24, 2.45) is 0 Å². The predicted octanol–water partition coefficient (Wildman–Crippen LogP) is 0.296. The van der Waals surface area contributed by atoms with Crippen LogP contribution >= 0.6 is 11.3 Å². The molecule has 3 heterocycles. The van der Waals surface area contributed by atoms with E-state index >= 15 is 0 Å². The van der Waals surface area contributed by atoms with Gasteiger partial charge in [-0.25, -0.2) is 0 Å². The molecule has 0 atom stereocenters. The van der Waals surface area contributed by atoms with Gasteiger partial charge in [0.15, 0.2) is 5.82 Å². The number of carbonyl (C=O) groups is 2. The van der Waals surface area contributed by atoms with Crippen molar-refractivity contribution in [1.82, 2.24) is 29.6 Å². The molecular weight excluding hydrogens is 316 g/mol. The molecule has 1 aliphatic carbocycles. The maximum atomic E-state index is 12.3. The molecule has 0 bridgehead atoms. The fraction of sp³-hybridized carbons (Fsp3) is 0.643. The van der Waals surface area contributed by atoms with Crippen LogP contribution in [0.3, 0.4) is 0 Å². The van der Waals surface area contributed by atoms with E-state index in [1.54, 1.807) is 4.90 Å². The molecule has 2 amide bonds. The number of fused-ring (bicyclic) bond motifs is 1. The third-order valence-corrected chi connectivity index (χ3v) is 5.33. The van der Waals surface area contributed by atoms with Crippen molar-refractivity contribution < 1.29 is 9.59 Å². The summed E-state index contributed by atoms with van der Waals surface area (Å²) in [5.74, 6) is 1.60. The lowest BCUT2D eigenvalue weighted by Gasteiger charge is -2.32. The molecule has 1 aliphatic heterocycles. The minimum absolute atomic E-state index is 0.129. The number of amides is 2. The summed E-state index contributed by atoms with van der Waals surface area (Å²) in [6, 6.07) is 0. The average Bonchev–Trinajstić information content (AvgIpc) is 3.22. The first-order valence-electron chi connectivity index (χ1n) is 7.93. The molecule has 0 N–H and O–H groups in total. The number of carbonyl (C=O) groups excluding carboxylic acids is 2. The number of nitrogens with zero attached hydrogens (tertiary/aromatic N) is 6. The summed E-state index contributed by atoms with van der Waals surface area (Å²) in [6.07, 6.45) is 4.26. The Morgan fingerprint density at radius 3 is 2.70 bits per heavy atom. The summed E-state index contributed by atoms with van der Waals surface area (Å²) in [6.45, 7) is 2.48. The van der Waals surface area contributed by atoms with Gasteiger partial charge in [-0.15, -0.1) is 10.2 Å². The summed E-state index contributed by atoms with van der Waals surface area (Å²) in [4.78, 5) is 27.3. The van der Waals surface area contributed by atoms with Crippen LogP contribution in [0.2, 0.25) is 0 Å².